The van der Waals surface area contributed by atoms with E-state index in [4.69, 9.17) is 0 Å². The molecule has 0 rings (SSSR count). The van der Waals surface area contributed by atoms with Crippen LogP contribution in [0, 0.1) is 0 Å². The van der Waals surface area contributed by atoms with Gasteiger partial charge < -0.3 is 28.5 Å². The van der Waals surface area contributed by atoms with Gasteiger partial charge in [-0.25, -0.2) is 0 Å². The Morgan fingerprint density at radius 1 is 0.155 bits per heavy atom. The Balaban J connectivity index is 0. The number of halogens is 1. The van der Waals surface area contributed by atoms with Crippen molar-refractivity contribution in [3.8, 4) is 0 Å². The predicted octanol–water partition coefficient (Wildman–Crippen LogP) is 17.6. The summed E-state index contributed by atoms with van der Waals surface area (Å²) in [7, 11) is 0. The molecule has 0 heterocycles. The topological polar surface area (TPSA) is 0 Å². The van der Waals surface area contributed by atoms with Crippen LogP contribution in [0.15, 0.2) is 0 Å². The molecule has 0 aromatic heterocycles. The summed E-state index contributed by atoms with van der Waals surface area (Å²) in [5.74, 6) is 0. The minimum absolute atomic E-state index is 0. The van der Waals surface area contributed by atoms with Crippen LogP contribution >= 0.6 is 0 Å². The highest BCUT2D eigenvalue weighted by molar-refractivity contribution is 4.57. The van der Waals surface area contributed by atoms with Gasteiger partial charge in [-0.15, -0.1) is 0 Å². The van der Waals surface area contributed by atoms with Gasteiger partial charge in [-0.05, 0) is 51.4 Å². The summed E-state index contributed by atoms with van der Waals surface area (Å²) in [5, 5.41) is 0. The summed E-state index contributed by atoms with van der Waals surface area (Å²) >= 11 is 0. The van der Waals surface area contributed by atoms with Crippen LogP contribution in [0.1, 0.15) is 336 Å². The van der Waals surface area contributed by atoms with Crippen molar-refractivity contribution in [2.75, 3.05) is 26.2 Å². The average molecular weight is 930 g/mol. The van der Waals surface area contributed by atoms with E-state index in [1.54, 1.807) is 0 Å². The summed E-state index contributed by atoms with van der Waals surface area (Å²) in [6.07, 6.45) is 70.7. The molecule has 0 fully saturated rings. The smallest absolute Gasteiger partial charge is 0.0786 e. The van der Waals surface area contributed by atoms with Gasteiger partial charge in [-0.3, -0.25) is 0 Å². The average Bonchev–Trinajstić information content (AvgIpc) is 3.22. The second-order valence-electron chi connectivity index (χ2n) is 19.8. The molecule has 2 heteroatoms. The molecule has 352 valence electrons. The SMILES string of the molecule is CCCCCCCCCCCCCC[N+](CCCCCCCCCCCCCC)(CCCCCCCCCCCCCC)CCCCCCCCCCCCCC.[I-]. The van der Waals surface area contributed by atoms with E-state index in [1.807, 2.05) is 0 Å². The molecule has 0 radical (unpaired) electrons. The fraction of sp³-hybridized carbons (Fsp3) is 1.00. The molecule has 0 amide bonds. The van der Waals surface area contributed by atoms with Crippen LogP contribution in [0.5, 0.6) is 0 Å². The highest BCUT2D eigenvalue weighted by atomic mass is 127. The molecular weight excluding hydrogens is 814 g/mol. The van der Waals surface area contributed by atoms with E-state index < -0.39 is 0 Å². The first-order valence-corrected chi connectivity index (χ1v) is 28.1. The van der Waals surface area contributed by atoms with E-state index in [0.717, 1.165) is 0 Å². The Bertz CT molecular complexity index is 575. The van der Waals surface area contributed by atoms with Crippen molar-refractivity contribution in [2.24, 2.45) is 0 Å². The van der Waals surface area contributed by atoms with Gasteiger partial charge in [0, 0.05) is 0 Å². The molecule has 0 bridgehead atoms. The van der Waals surface area contributed by atoms with Crippen molar-refractivity contribution >= 4 is 0 Å². The molecular formula is C56H116IN. The van der Waals surface area contributed by atoms with Crippen LogP contribution in [0.25, 0.3) is 0 Å². The minimum Gasteiger partial charge on any atom is -1.00 e. The molecule has 58 heavy (non-hydrogen) atoms. The maximum Gasteiger partial charge on any atom is 0.0786 e. The molecule has 0 atom stereocenters. The lowest BCUT2D eigenvalue weighted by molar-refractivity contribution is -0.929. The standard InChI is InChI=1S/C56H116N.HI/c1-5-9-13-17-21-25-29-33-37-41-45-49-53-57(54-50-46-42-38-34-30-26-22-18-14-10-6-2,55-51-47-43-39-35-31-27-23-19-15-11-7-3)56-52-48-44-40-36-32-28-24-20-16-12-8-4;/h5-56H2,1-4H3;1H/q+1;/p-1. The lowest BCUT2D eigenvalue weighted by atomic mass is 10.0. The van der Waals surface area contributed by atoms with Crippen molar-refractivity contribution < 1.29 is 28.5 Å². The summed E-state index contributed by atoms with van der Waals surface area (Å²) in [5.41, 5.74) is 0. The molecule has 0 aromatic carbocycles. The Morgan fingerprint density at radius 2 is 0.259 bits per heavy atom. The van der Waals surface area contributed by atoms with Crippen molar-refractivity contribution in [2.45, 2.75) is 336 Å². The molecule has 0 spiro atoms. The first-order chi connectivity index (χ1) is 28.2. The third-order valence-electron chi connectivity index (χ3n) is 13.9. The molecule has 1 nitrogen and oxygen atoms in total. The highest BCUT2D eigenvalue weighted by Crippen LogP contribution is 2.22. The monoisotopic (exact) mass is 930 g/mol. The largest absolute Gasteiger partial charge is 1.00 e. The number of hydrogen-bond donors (Lipinski definition) is 0. The van der Waals surface area contributed by atoms with E-state index in [1.165, 1.54) is 339 Å². The minimum atomic E-state index is 0. The first kappa shape index (κ1) is 60.8. The van der Waals surface area contributed by atoms with Gasteiger partial charge in [0.25, 0.3) is 0 Å². The van der Waals surface area contributed by atoms with Crippen molar-refractivity contribution in [3.63, 3.8) is 0 Å². The van der Waals surface area contributed by atoms with E-state index in [9.17, 15) is 0 Å². The fourth-order valence-electron chi connectivity index (χ4n) is 9.82. The van der Waals surface area contributed by atoms with Crippen molar-refractivity contribution in [1.29, 1.82) is 0 Å². The highest BCUT2D eigenvalue weighted by Gasteiger charge is 2.25. The molecule has 0 aliphatic heterocycles. The zero-order chi connectivity index (χ0) is 41.3. The van der Waals surface area contributed by atoms with Crippen LogP contribution in [-0.4, -0.2) is 30.7 Å². The number of hydrogen-bond acceptors (Lipinski definition) is 0. The molecule has 0 N–H and O–H groups in total. The summed E-state index contributed by atoms with van der Waals surface area (Å²) in [4.78, 5) is 0. The molecule has 0 aliphatic rings. The third kappa shape index (κ3) is 47.7. The zero-order valence-corrected chi connectivity index (χ0v) is 43.8. The van der Waals surface area contributed by atoms with E-state index in [2.05, 4.69) is 27.7 Å². The van der Waals surface area contributed by atoms with Crippen molar-refractivity contribution in [3.05, 3.63) is 0 Å². The van der Waals surface area contributed by atoms with Gasteiger partial charge in [0.2, 0.25) is 0 Å². The van der Waals surface area contributed by atoms with Gasteiger partial charge >= 0.3 is 0 Å². The van der Waals surface area contributed by atoms with Crippen LogP contribution in [0.4, 0.5) is 0 Å². The molecule has 0 saturated heterocycles. The molecule has 0 saturated carbocycles. The molecule has 0 unspecified atom stereocenters. The predicted molar refractivity (Wildman–Crippen MR) is 264 cm³/mol. The Hall–Kier alpha value is 0.690. The second-order valence-corrected chi connectivity index (χ2v) is 19.8. The maximum atomic E-state index is 2.33. The fourth-order valence-corrected chi connectivity index (χ4v) is 9.82. The van der Waals surface area contributed by atoms with Crippen LogP contribution < -0.4 is 24.0 Å². The summed E-state index contributed by atoms with van der Waals surface area (Å²) in [6, 6.07) is 0. The quantitative estimate of drug-likeness (QED) is 0.0324. The van der Waals surface area contributed by atoms with E-state index in [-0.39, 0.29) is 24.0 Å². The van der Waals surface area contributed by atoms with Crippen LogP contribution in [-0.2, 0) is 0 Å². The number of quaternary nitrogens is 1. The number of unbranched alkanes of at least 4 members (excludes halogenated alkanes) is 44. The van der Waals surface area contributed by atoms with Gasteiger partial charge in [0.15, 0.2) is 0 Å². The molecule has 0 aromatic rings. The van der Waals surface area contributed by atoms with E-state index >= 15 is 0 Å². The lowest BCUT2D eigenvalue weighted by Gasteiger charge is -2.40. The van der Waals surface area contributed by atoms with Gasteiger partial charge in [-0.2, -0.15) is 0 Å². The zero-order valence-electron chi connectivity index (χ0n) is 41.6. The maximum absolute atomic E-state index is 2.33. The summed E-state index contributed by atoms with van der Waals surface area (Å²) < 4.78 is 1.49. The Morgan fingerprint density at radius 3 is 0.379 bits per heavy atom. The Labute approximate surface area is 388 Å². The third-order valence-corrected chi connectivity index (χ3v) is 13.9. The Kier molecular flexibility index (Phi) is 56.4. The number of rotatable bonds is 52. The van der Waals surface area contributed by atoms with Gasteiger partial charge in [-0.1, -0.05) is 285 Å². The first-order valence-electron chi connectivity index (χ1n) is 28.1. The molecule has 0 aliphatic carbocycles. The normalized spacial score (nSPS) is 11.8. The van der Waals surface area contributed by atoms with Gasteiger partial charge in [0.05, 0.1) is 26.2 Å². The van der Waals surface area contributed by atoms with Crippen LogP contribution in [0.2, 0.25) is 0 Å². The number of nitrogens with zero attached hydrogens (tertiary/aromatic N) is 1. The summed E-state index contributed by atoms with van der Waals surface area (Å²) in [6.45, 7) is 15.3. The van der Waals surface area contributed by atoms with E-state index in [0.29, 0.717) is 0 Å². The van der Waals surface area contributed by atoms with Crippen molar-refractivity contribution in [1.82, 2.24) is 0 Å². The lowest BCUT2D eigenvalue weighted by Crippen LogP contribution is -3.00. The second kappa shape index (κ2) is 53.8. The van der Waals surface area contributed by atoms with Crippen LogP contribution in [0.3, 0.4) is 0 Å². The van der Waals surface area contributed by atoms with Gasteiger partial charge in [0.1, 0.15) is 0 Å².